The van der Waals surface area contributed by atoms with E-state index in [1.165, 1.54) is 13.2 Å². The summed E-state index contributed by atoms with van der Waals surface area (Å²) in [6, 6.07) is 6.24. The van der Waals surface area contributed by atoms with E-state index in [1.807, 2.05) is 0 Å². The smallest absolute Gasteiger partial charge is 0.337 e. The Hall–Kier alpha value is -1.59. The molecule has 0 saturated carbocycles. The van der Waals surface area contributed by atoms with Crippen molar-refractivity contribution in [2.75, 3.05) is 20.3 Å². The van der Waals surface area contributed by atoms with Crippen molar-refractivity contribution in [2.45, 2.75) is 0 Å². The summed E-state index contributed by atoms with van der Waals surface area (Å²) in [6.45, 7) is -0.0365. The lowest BCUT2D eigenvalue weighted by Crippen LogP contribution is -2.03. The van der Waals surface area contributed by atoms with Crippen molar-refractivity contribution in [2.24, 2.45) is 5.73 Å². The predicted octanol–water partition coefficient (Wildman–Crippen LogP) is 2.09. The Labute approximate surface area is 111 Å². The molecule has 0 saturated heterocycles. The number of rotatable bonds is 5. The molecule has 0 aliphatic rings. The Kier molecular flexibility index (Phi) is 7.74. The molecule has 4 nitrogen and oxygen atoms in total. The summed E-state index contributed by atoms with van der Waals surface area (Å²) < 4.78 is 22.6. The van der Waals surface area contributed by atoms with E-state index in [0.29, 0.717) is 11.3 Å². The van der Waals surface area contributed by atoms with Crippen LogP contribution >= 0.6 is 12.4 Å². The minimum atomic E-state index is -0.426. The van der Waals surface area contributed by atoms with E-state index in [1.54, 1.807) is 24.3 Å². The number of benzene rings is 1. The molecular formula is C12H15ClFNO3. The van der Waals surface area contributed by atoms with Gasteiger partial charge in [0.15, 0.2) is 0 Å². The Morgan fingerprint density at radius 2 is 2.00 bits per heavy atom. The van der Waals surface area contributed by atoms with Gasteiger partial charge in [0.2, 0.25) is 0 Å². The van der Waals surface area contributed by atoms with Crippen molar-refractivity contribution < 1.29 is 18.7 Å². The fourth-order valence-electron chi connectivity index (χ4n) is 1.14. The highest BCUT2D eigenvalue weighted by Crippen LogP contribution is 2.13. The number of halogens is 2. The topological polar surface area (TPSA) is 61.5 Å². The molecule has 18 heavy (non-hydrogen) atoms. The number of carbonyl (C=O) groups excluding carboxylic acids is 1. The van der Waals surface area contributed by atoms with Crippen molar-refractivity contribution >= 4 is 18.4 Å². The average molecular weight is 276 g/mol. The van der Waals surface area contributed by atoms with Crippen LogP contribution in [0.5, 0.6) is 5.75 Å². The summed E-state index contributed by atoms with van der Waals surface area (Å²) in [5, 5.41) is 0. The maximum absolute atomic E-state index is 12.9. The van der Waals surface area contributed by atoms with Crippen LogP contribution < -0.4 is 10.5 Å². The van der Waals surface area contributed by atoms with Crippen molar-refractivity contribution in [1.29, 1.82) is 0 Å². The second-order valence-corrected chi connectivity index (χ2v) is 3.19. The van der Waals surface area contributed by atoms with E-state index in [9.17, 15) is 9.18 Å². The molecule has 0 atom stereocenters. The first-order chi connectivity index (χ1) is 8.17. The highest BCUT2D eigenvalue weighted by atomic mass is 35.5. The van der Waals surface area contributed by atoms with Crippen LogP contribution in [-0.4, -0.2) is 26.2 Å². The van der Waals surface area contributed by atoms with Crippen molar-refractivity contribution in [3.63, 3.8) is 0 Å². The minimum Gasteiger partial charge on any atom is -0.487 e. The molecule has 1 aromatic carbocycles. The molecule has 0 bridgehead atoms. The third-order valence-electron chi connectivity index (χ3n) is 1.99. The van der Waals surface area contributed by atoms with E-state index in [-0.39, 0.29) is 25.6 Å². The molecule has 0 amide bonds. The van der Waals surface area contributed by atoms with E-state index in [0.717, 1.165) is 0 Å². The number of hydrogen-bond donors (Lipinski definition) is 1. The Morgan fingerprint density at radius 3 is 2.50 bits per heavy atom. The second kappa shape index (κ2) is 8.49. The maximum atomic E-state index is 12.9. The zero-order chi connectivity index (χ0) is 12.7. The monoisotopic (exact) mass is 275 g/mol. The molecule has 2 N–H and O–H groups in total. The minimum absolute atomic E-state index is 0. The van der Waals surface area contributed by atoms with Gasteiger partial charge in [-0.2, -0.15) is 0 Å². The van der Waals surface area contributed by atoms with Gasteiger partial charge in [0, 0.05) is 6.54 Å². The quantitative estimate of drug-likeness (QED) is 0.836. The van der Waals surface area contributed by atoms with Crippen molar-refractivity contribution in [3.8, 4) is 5.75 Å². The summed E-state index contributed by atoms with van der Waals surface area (Å²) in [5.41, 5.74) is 5.56. The number of nitrogens with two attached hydrogens (primary N) is 1. The van der Waals surface area contributed by atoms with Crippen LogP contribution in [0.15, 0.2) is 36.2 Å². The Balaban J connectivity index is 0.00000289. The molecule has 0 aliphatic carbocycles. The molecule has 1 aromatic rings. The van der Waals surface area contributed by atoms with Crippen LogP contribution in [0.3, 0.4) is 0 Å². The fourth-order valence-corrected chi connectivity index (χ4v) is 1.14. The molecular weight excluding hydrogens is 261 g/mol. The number of carbonyl (C=O) groups is 1. The lowest BCUT2D eigenvalue weighted by molar-refractivity contribution is 0.0600. The largest absolute Gasteiger partial charge is 0.487 e. The van der Waals surface area contributed by atoms with Gasteiger partial charge in [0.1, 0.15) is 18.2 Å². The number of ether oxygens (including phenoxy) is 2. The zero-order valence-corrected chi connectivity index (χ0v) is 10.7. The summed E-state index contributed by atoms with van der Waals surface area (Å²) in [5.74, 6) is -0.381. The molecule has 0 fully saturated rings. The first-order valence-electron chi connectivity index (χ1n) is 5.03. The maximum Gasteiger partial charge on any atom is 0.337 e. The molecule has 6 heteroatoms. The zero-order valence-electron chi connectivity index (χ0n) is 9.89. The van der Waals surface area contributed by atoms with Crippen LogP contribution in [0.2, 0.25) is 0 Å². The average Bonchev–Trinajstić information content (AvgIpc) is 2.36. The highest BCUT2D eigenvalue weighted by molar-refractivity contribution is 5.89. The van der Waals surface area contributed by atoms with Gasteiger partial charge in [0.05, 0.1) is 12.7 Å². The molecule has 100 valence electrons. The summed E-state index contributed by atoms with van der Waals surface area (Å²) in [6.07, 6.45) is 1.24. The summed E-state index contributed by atoms with van der Waals surface area (Å²) in [4.78, 5) is 11.1. The van der Waals surface area contributed by atoms with Crippen molar-refractivity contribution in [3.05, 3.63) is 41.7 Å². The molecule has 0 aliphatic heterocycles. The lowest BCUT2D eigenvalue weighted by atomic mass is 10.2. The van der Waals surface area contributed by atoms with E-state index in [4.69, 9.17) is 10.5 Å². The van der Waals surface area contributed by atoms with Crippen LogP contribution in [0.25, 0.3) is 0 Å². The fraction of sp³-hybridized carbons (Fsp3) is 0.250. The highest BCUT2D eigenvalue weighted by Gasteiger charge is 2.04. The number of esters is 1. The van der Waals surface area contributed by atoms with E-state index >= 15 is 0 Å². The van der Waals surface area contributed by atoms with Crippen molar-refractivity contribution in [1.82, 2.24) is 0 Å². The molecule has 0 spiro atoms. The van der Waals surface area contributed by atoms with Gasteiger partial charge in [-0.1, -0.05) is 0 Å². The third kappa shape index (κ3) is 5.16. The van der Waals surface area contributed by atoms with Gasteiger partial charge in [-0.25, -0.2) is 9.18 Å². The lowest BCUT2D eigenvalue weighted by Gasteiger charge is -2.05. The van der Waals surface area contributed by atoms with E-state index in [2.05, 4.69) is 4.74 Å². The predicted molar refractivity (Wildman–Crippen MR) is 68.8 cm³/mol. The normalized spacial score (nSPS) is 10.5. The molecule has 1 rings (SSSR count). The van der Waals surface area contributed by atoms with Crippen LogP contribution in [0, 0.1) is 0 Å². The van der Waals surface area contributed by atoms with Gasteiger partial charge >= 0.3 is 5.97 Å². The Morgan fingerprint density at radius 1 is 1.39 bits per heavy atom. The van der Waals surface area contributed by atoms with Gasteiger partial charge < -0.3 is 15.2 Å². The third-order valence-corrected chi connectivity index (χ3v) is 1.99. The number of methoxy groups -OCH3 is 1. The first kappa shape index (κ1) is 16.4. The van der Waals surface area contributed by atoms with Gasteiger partial charge in [0.25, 0.3) is 0 Å². The van der Waals surface area contributed by atoms with Crippen LogP contribution in [0.1, 0.15) is 10.4 Å². The first-order valence-corrected chi connectivity index (χ1v) is 5.03. The summed E-state index contributed by atoms with van der Waals surface area (Å²) in [7, 11) is 1.31. The molecule has 0 heterocycles. The SMILES string of the molecule is COC(=O)c1ccc(OC/C(F)=C\CN)cc1.Cl. The second-order valence-electron chi connectivity index (χ2n) is 3.19. The van der Waals surface area contributed by atoms with Gasteiger partial charge in [-0.3, -0.25) is 0 Å². The summed E-state index contributed by atoms with van der Waals surface area (Å²) >= 11 is 0. The standard InChI is InChI=1S/C12H14FNO3.ClH/c1-16-12(15)9-2-4-11(5-3-9)17-8-10(13)6-7-14;/h2-6H,7-8,14H2,1H3;1H/b10-6+;. The Bertz CT molecular complexity index is 406. The molecule has 0 aromatic heterocycles. The number of hydrogen-bond acceptors (Lipinski definition) is 4. The van der Waals surface area contributed by atoms with E-state index < -0.39 is 11.8 Å². The van der Waals surface area contributed by atoms with Crippen LogP contribution in [0.4, 0.5) is 4.39 Å². The van der Waals surface area contributed by atoms with Gasteiger partial charge in [-0.15, -0.1) is 12.4 Å². The molecule has 0 radical (unpaired) electrons. The van der Waals surface area contributed by atoms with Gasteiger partial charge in [-0.05, 0) is 30.3 Å². The van der Waals surface area contributed by atoms with Crippen LogP contribution in [-0.2, 0) is 4.74 Å². The molecule has 0 unspecified atom stereocenters.